The fourth-order valence-electron chi connectivity index (χ4n) is 1.53. The Hall–Kier alpha value is -1.40. The van der Waals surface area contributed by atoms with Gasteiger partial charge in [0.15, 0.2) is 0 Å². The van der Waals surface area contributed by atoms with Crippen molar-refractivity contribution in [2.45, 2.75) is 6.92 Å². The molecule has 0 aliphatic carbocycles. The van der Waals surface area contributed by atoms with E-state index in [-0.39, 0.29) is 0 Å². The molecule has 0 fully saturated rings. The van der Waals surface area contributed by atoms with Crippen molar-refractivity contribution in [3.63, 3.8) is 0 Å². The lowest BCUT2D eigenvalue weighted by atomic mass is 9.77. The third-order valence-corrected chi connectivity index (χ3v) is 2.36. The van der Waals surface area contributed by atoms with Gasteiger partial charge in [-0.15, -0.1) is 5.10 Å². The van der Waals surface area contributed by atoms with Gasteiger partial charge in [-0.3, -0.25) is 0 Å². The van der Waals surface area contributed by atoms with E-state index in [1.807, 2.05) is 0 Å². The van der Waals surface area contributed by atoms with E-state index < -0.39 is 7.12 Å². The van der Waals surface area contributed by atoms with Gasteiger partial charge in [-0.2, -0.15) is 0 Å². The molecule has 2 rings (SSSR count). The molecule has 2 N–H and O–H groups in total. The smallest absolute Gasteiger partial charge is 0.423 e. The van der Waals surface area contributed by atoms with Crippen LogP contribution in [0.5, 0.6) is 0 Å². The number of hydrogen-bond acceptors (Lipinski definition) is 4. The largest absolute Gasteiger partial charge is 0.488 e. The predicted molar refractivity (Wildman–Crippen MR) is 53.1 cm³/mol. The van der Waals surface area contributed by atoms with Crippen molar-refractivity contribution in [1.29, 1.82) is 0 Å². The zero-order chi connectivity index (χ0) is 10.3. The van der Waals surface area contributed by atoms with Crippen LogP contribution in [0, 0.1) is 6.92 Å². The number of aryl methyl sites for hydroxylation is 2. The molecule has 14 heavy (non-hydrogen) atoms. The van der Waals surface area contributed by atoms with Crippen LogP contribution < -0.4 is 5.46 Å². The predicted octanol–water partition coefficient (Wildman–Crippen LogP) is -1.04. The number of aromatic nitrogens is 3. The number of benzene rings is 1. The molecule has 0 aliphatic heterocycles. The Bertz CT molecular complexity index is 481. The molecule has 0 radical (unpaired) electrons. The summed E-state index contributed by atoms with van der Waals surface area (Å²) in [5.41, 5.74) is 2.81. The van der Waals surface area contributed by atoms with E-state index in [4.69, 9.17) is 10.0 Å². The van der Waals surface area contributed by atoms with Crippen LogP contribution in [-0.2, 0) is 7.05 Å². The quantitative estimate of drug-likeness (QED) is 0.564. The fourth-order valence-corrected chi connectivity index (χ4v) is 1.53. The van der Waals surface area contributed by atoms with Crippen LogP contribution in [0.15, 0.2) is 12.1 Å². The second-order valence-corrected chi connectivity index (χ2v) is 3.23. The summed E-state index contributed by atoms with van der Waals surface area (Å²) in [7, 11) is 0.338. The van der Waals surface area contributed by atoms with Gasteiger partial charge in [-0.25, -0.2) is 4.68 Å². The molecule has 0 saturated heterocycles. The summed E-state index contributed by atoms with van der Waals surface area (Å²) in [5, 5.41) is 26.0. The highest BCUT2D eigenvalue weighted by atomic mass is 16.4. The maximum atomic E-state index is 9.07. The molecule has 1 aromatic carbocycles. The minimum atomic E-state index is -1.46. The van der Waals surface area contributed by atoms with Crippen molar-refractivity contribution < 1.29 is 10.0 Å². The third-order valence-electron chi connectivity index (χ3n) is 2.36. The lowest BCUT2D eigenvalue weighted by Crippen LogP contribution is -2.32. The van der Waals surface area contributed by atoms with Gasteiger partial charge >= 0.3 is 7.12 Å². The van der Waals surface area contributed by atoms with Gasteiger partial charge in [0.25, 0.3) is 0 Å². The van der Waals surface area contributed by atoms with Gasteiger partial charge in [0.05, 0.1) is 5.52 Å². The third kappa shape index (κ3) is 1.20. The molecule has 5 nitrogen and oxygen atoms in total. The molecule has 0 bridgehead atoms. The van der Waals surface area contributed by atoms with Crippen LogP contribution in [0.4, 0.5) is 0 Å². The number of hydrogen-bond donors (Lipinski definition) is 2. The van der Waals surface area contributed by atoms with E-state index in [1.165, 1.54) is 0 Å². The first-order valence-corrected chi connectivity index (χ1v) is 4.26. The van der Waals surface area contributed by atoms with Gasteiger partial charge < -0.3 is 10.0 Å². The summed E-state index contributed by atoms with van der Waals surface area (Å²) >= 11 is 0. The molecule has 2 aromatic rings. The molecular formula is C8H10BN3O2. The van der Waals surface area contributed by atoms with E-state index in [1.54, 1.807) is 30.8 Å². The SMILES string of the molecule is Cc1c(B(O)O)ccc2c1nnn2C. The van der Waals surface area contributed by atoms with E-state index in [9.17, 15) is 0 Å². The Morgan fingerprint density at radius 3 is 2.71 bits per heavy atom. The van der Waals surface area contributed by atoms with Crippen LogP contribution in [0.25, 0.3) is 11.0 Å². The molecular weight excluding hydrogens is 181 g/mol. The first-order chi connectivity index (χ1) is 6.61. The first-order valence-electron chi connectivity index (χ1n) is 4.26. The summed E-state index contributed by atoms with van der Waals surface area (Å²) in [6, 6.07) is 3.45. The highest BCUT2D eigenvalue weighted by Crippen LogP contribution is 2.12. The Kier molecular flexibility index (Phi) is 2.01. The number of rotatable bonds is 1. The molecule has 0 spiro atoms. The standard InChI is InChI=1S/C8H10BN3O2/c1-5-6(9(13)14)3-4-7-8(5)10-11-12(7)2/h3-4,13-14H,1-2H3. The molecule has 6 heteroatoms. The maximum Gasteiger partial charge on any atom is 0.488 e. The molecule has 0 aliphatic rings. The van der Waals surface area contributed by atoms with Crippen molar-refractivity contribution in [3.05, 3.63) is 17.7 Å². The number of nitrogens with zero attached hydrogens (tertiary/aromatic N) is 3. The minimum Gasteiger partial charge on any atom is -0.423 e. The first kappa shape index (κ1) is 9.17. The highest BCUT2D eigenvalue weighted by molar-refractivity contribution is 6.59. The fraction of sp³-hybridized carbons (Fsp3) is 0.250. The van der Waals surface area contributed by atoms with Crippen LogP contribution >= 0.6 is 0 Å². The van der Waals surface area contributed by atoms with Gasteiger partial charge in [0.2, 0.25) is 0 Å². The second-order valence-electron chi connectivity index (χ2n) is 3.23. The highest BCUT2D eigenvalue weighted by Gasteiger charge is 2.17. The van der Waals surface area contributed by atoms with Crippen LogP contribution in [-0.4, -0.2) is 32.2 Å². The molecule has 0 unspecified atom stereocenters. The summed E-state index contributed by atoms with van der Waals surface area (Å²) in [5.74, 6) is 0. The average Bonchev–Trinajstić information content (AvgIpc) is 2.49. The molecule has 72 valence electrons. The summed E-state index contributed by atoms with van der Waals surface area (Å²) in [4.78, 5) is 0. The van der Waals surface area contributed by atoms with Crippen LogP contribution in [0.3, 0.4) is 0 Å². The molecule has 0 atom stereocenters. The van der Waals surface area contributed by atoms with E-state index in [0.717, 1.165) is 11.1 Å². The summed E-state index contributed by atoms with van der Waals surface area (Å²) < 4.78 is 1.65. The minimum absolute atomic E-state index is 0.470. The normalized spacial score (nSPS) is 10.9. The Morgan fingerprint density at radius 1 is 1.36 bits per heavy atom. The van der Waals surface area contributed by atoms with E-state index >= 15 is 0 Å². The lowest BCUT2D eigenvalue weighted by molar-refractivity contribution is 0.425. The van der Waals surface area contributed by atoms with Gasteiger partial charge in [-0.1, -0.05) is 11.3 Å². The van der Waals surface area contributed by atoms with Crippen LogP contribution in [0.2, 0.25) is 0 Å². The number of fused-ring (bicyclic) bond motifs is 1. The molecule has 0 saturated carbocycles. The van der Waals surface area contributed by atoms with Crippen molar-refractivity contribution in [2.24, 2.45) is 7.05 Å². The molecule has 0 amide bonds. The monoisotopic (exact) mass is 191 g/mol. The van der Waals surface area contributed by atoms with Gasteiger partial charge in [-0.05, 0) is 24.0 Å². The average molecular weight is 191 g/mol. The zero-order valence-corrected chi connectivity index (χ0v) is 7.97. The second kappa shape index (κ2) is 3.07. The Balaban J connectivity index is 2.76. The van der Waals surface area contributed by atoms with E-state index in [2.05, 4.69) is 10.3 Å². The van der Waals surface area contributed by atoms with Gasteiger partial charge in [0, 0.05) is 7.05 Å². The van der Waals surface area contributed by atoms with Crippen molar-refractivity contribution in [3.8, 4) is 0 Å². The Morgan fingerprint density at radius 2 is 2.07 bits per heavy atom. The maximum absolute atomic E-state index is 9.07. The van der Waals surface area contributed by atoms with E-state index in [0.29, 0.717) is 11.0 Å². The zero-order valence-electron chi connectivity index (χ0n) is 7.97. The van der Waals surface area contributed by atoms with Crippen LogP contribution in [0.1, 0.15) is 5.56 Å². The Labute approximate surface area is 81.1 Å². The summed E-state index contributed by atoms with van der Waals surface area (Å²) in [6.45, 7) is 1.80. The van der Waals surface area contributed by atoms with Crippen molar-refractivity contribution in [2.75, 3.05) is 0 Å². The lowest BCUT2D eigenvalue weighted by Gasteiger charge is -2.04. The van der Waals surface area contributed by atoms with Gasteiger partial charge in [0.1, 0.15) is 5.52 Å². The summed E-state index contributed by atoms with van der Waals surface area (Å²) in [6.07, 6.45) is 0. The van der Waals surface area contributed by atoms with Crippen molar-refractivity contribution in [1.82, 2.24) is 15.0 Å². The van der Waals surface area contributed by atoms with Crippen molar-refractivity contribution >= 4 is 23.6 Å². The molecule has 1 heterocycles. The molecule has 1 aromatic heterocycles. The topological polar surface area (TPSA) is 71.2 Å².